The molecule has 3 rings (SSSR count). The Bertz CT molecular complexity index is 944. The van der Waals surface area contributed by atoms with Crippen molar-refractivity contribution in [2.75, 3.05) is 5.32 Å². The number of amides is 1. The number of hydrogen-bond donors (Lipinski definition) is 1. The summed E-state index contributed by atoms with van der Waals surface area (Å²) < 4.78 is 7.02. The number of anilines is 1. The van der Waals surface area contributed by atoms with Crippen LogP contribution in [0.5, 0.6) is 0 Å². The molecular formula is C19H19N3O3. The Labute approximate surface area is 145 Å². The van der Waals surface area contributed by atoms with Crippen molar-refractivity contribution in [3.63, 3.8) is 0 Å². The van der Waals surface area contributed by atoms with Gasteiger partial charge in [-0.3, -0.25) is 4.79 Å². The minimum absolute atomic E-state index is 0.199. The minimum Gasteiger partial charge on any atom is -0.459 e. The van der Waals surface area contributed by atoms with Gasteiger partial charge in [-0.1, -0.05) is 6.07 Å². The van der Waals surface area contributed by atoms with E-state index in [1.54, 1.807) is 56.4 Å². The molecule has 0 radical (unpaired) electrons. The molecule has 6 nitrogen and oxygen atoms in total. The van der Waals surface area contributed by atoms with E-state index in [2.05, 4.69) is 10.3 Å². The molecule has 0 aliphatic carbocycles. The molecule has 128 valence electrons. The quantitative estimate of drug-likeness (QED) is 0.740. The third kappa shape index (κ3) is 3.85. The molecule has 2 aromatic heterocycles. The zero-order chi connectivity index (χ0) is 18.0. The van der Waals surface area contributed by atoms with Crippen molar-refractivity contribution in [3.8, 4) is 0 Å². The number of aryl methyl sites for hydroxylation is 1. The van der Waals surface area contributed by atoms with Crippen LogP contribution in [-0.4, -0.2) is 27.4 Å². The number of pyridine rings is 1. The number of ether oxygens (including phenoxy) is 1. The van der Waals surface area contributed by atoms with Gasteiger partial charge in [-0.2, -0.15) is 0 Å². The van der Waals surface area contributed by atoms with E-state index in [0.717, 1.165) is 5.69 Å². The number of carbonyl (C=O) groups excluding carboxylic acids is 2. The van der Waals surface area contributed by atoms with Crippen LogP contribution in [-0.2, 0) is 4.74 Å². The summed E-state index contributed by atoms with van der Waals surface area (Å²) >= 11 is 0. The number of benzene rings is 1. The molecule has 0 aliphatic heterocycles. The van der Waals surface area contributed by atoms with Gasteiger partial charge in [0.25, 0.3) is 5.91 Å². The largest absolute Gasteiger partial charge is 0.459 e. The van der Waals surface area contributed by atoms with Crippen molar-refractivity contribution in [2.24, 2.45) is 0 Å². The number of esters is 1. The summed E-state index contributed by atoms with van der Waals surface area (Å²) in [7, 11) is 0. The monoisotopic (exact) mass is 337 g/mol. The van der Waals surface area contributed by atoms with E-state index in [-0.39, 0.29) is 12.0 Å². The molecule has 25 heavy (non-hydrogen) atoms. The number of aromatic nitrogens is 2. The van der Waals surface area contributed by atoms with E-state index in [9.17, 15) is 9.59 Å². The van der Waals surface area contributed by atoms with E-state index < -0.39 is 5.97 Å². The van der Waals surface area contributed by atoms with Crippen molar-refractivity contribution in [3.05, 3.63) is 65.6 Å². The third-order valence-electron chi connectivity index (χ3n) is 3.54. The number of hydrogen-bond acceptors (Lipinski definition) is 4. The topological polar surface area (TPSA) is 72.7 Å². The van der Waals surface area contributed by atoms with Gasteiger partial charge in [-0.15, -0.1) is 0 Å². The molecule has 0 atom stereocenters. The van der Waals surface area contributed by atoms with E-state index in [4.69, 9.17) is 4.74 Å². The van der Waals surface area contributed by atoms with Crippen LogP contribution in [0.25, 0.3) is 5.65 Å². The van der Waals surface area contributed by atoms with E-state index in [1.807, 2.05) is 17.5 Å². The first-order valence-corrected chi connectivity index (χ1v) is 8.00. The van der Waals surface area contributed by atoms with Crippen LogP contribution in [0.4, 0.5) is 5.69 Å². The van der Waals surface area contributed by atoms with Gasteiger partial charge in [-0.05, 0) is 51.1 Å². The summed E-state index contributed by atoms with van der Waals surface area (Å²) in [5.74, 6) is -0.682. The second kappa shape index (κ2) is 6.76. The molecular weight excluding hydrogens is 318 g/mol. The van der Waals surface area contributed by atoms with Crippen molar-refractivity contribution in [2.45, 2.75) is 26.9 Å². The lowest BCUT2D eigenvalue weighted by atomic mass is 10.2. The van der Waals surface area contributed by atoms with Crippen LogP contribution < -0.4 is 5.32 Å². The number of imidazole rings is 1. The van der Waals surface area contributed by atoms with Gasteiger partial charge < -0.3 is 14.5 Å². The number of carbonyl (C=O) groups is 2. The van der Waals surface area contributed by atoms with Crippen molar-refractivity contribution in [1.82, 2.24) is 9.38 Å². The predicted molar refractivity (Wildman–Crippen MR) is 94.9 cm³/mol. The van der Waals surface area contributed by atoms with Crippen molar-refractivity contribution in [1.29, 1.82) is 0 Å². The molecule has 0 bridgehead atoms. The lowest BCUT2D eigenvalue weighted by Crippen LogP contribution is -2.14. The molecule has 1 aromatic carbocycles. The van der Waals surface area contributed by atoms with Gasteiger partial charge in [0.05, 0.1) is 17.4 Å². The molecule has 1 N–H and O–H groups in total. The summed E-state index contributed by atoms with van der Waals surface area (Å²) in [5, 5.41) is 2.79. The fourth-order valence-electron chi connectivity index (χ4n) is 2.46. The van der Waals surface area contributed by atoms with Gasteiger partial charge in [0, 0.05) is 23.6 Å². The average Bonchev–Trinajstić information content (AvgIpc) is 2.93. The van der Waals surface area contributed by atoms with E-state index in [0.29, 0.717) is 22.5 Å². The minimum atomic E-state index is -0.416. The highest BCUT2D eigenvalue weighted by atomic mass is 16.5. The van der Waals surface area contributed by atoms with Crippen molar-refractivity contribution < 1.29 is 14.3 Å². The summed E-state index contributed by atoms with van der Waals surface area (Å²) in [6.07, 6.45) is 3.48. The molecule has 1 amide bonds. The van der Waals surface area contributed by atoms with Crippen LogP contribution >= 0.6 is 0 Å². The van der Waals surface area contributed by atoms with Gasteiger partial charge >= 0.3 is 5.97 Å². The van der Waals surface area contributed by atoms with Gasteiger partial charge in [-0.25, -0.2) is 9.78 Å². The van der Waals surface area contributed by atoms with E-state index >= 15 is 0 Å². The van der Waals surface area contributed by atoms with Crippen LogP contribution in [0.1, 0.15) is 40.3 Å². The summed E-state index contributed by atoms with van der Waals surface area (Å²) in [6.45, 7) is 5.47. The first-order valence-electron chi connectivity index (χ1n) is 8.00. The van der Waals surface area contributed by atoms with E-state index in [1.165, 1.54) is 0 Å². The molecule has 0 aliphatic rings. The zero-order valence-electron chi connectivity index (χ0n) is 14.3. The highest BCUT2D eigenvalue weighted by molar-refractivity contribution is 6.05. The number of rotatable bonds is 4. The molecule has 0 fully saturated rings. The molecule has 3 aromatic rings. The van der Waals surface area contributed by atoms with Crippen LogP contribution in [0.2, 0.25) is 0 Å². The second-order valence-electron chi connectivity index (χ2n) is 6.05. The highest BCUT2D eigenvalue weighted by Gasteiger charge is 2.12. The molecule has 0 unspecified atom stereocenters. The maximum absolute atomic E-state index is 12.5. The summed E-state index contributed by atoms with van der Waals surface area (Å²) in [4.78, 5) is 28.8. The lowest BCUT2D eigenvalue weighted by molar-refractivity contribution is 0.0378. The third-order valence-corrected chi connectivity index (χ3v) is 3.54. The predicted octanol–water partition coefficient (Wildman–Crippen LogP) is 3.46. The molecule has 0 saturated heterocycles. The first-order chi connectivity index (χ1) is 11.9. The zero-order valence-corrected chi connectivity index (χ0v) is 14.3. The lowest BCUT2D eigenvalue weighted by Gasteiger charge is -2.10. The molecule has 6 heteroatoms. The van der Waals surface area contributed by atoms with Crippen molar-refractivity contribution >= 4 is 23.2 Å². The smallest absolute Gasteiger partial charge is 0.338 e. The Balaban J connectivity index is 1.78. The number of fused-ring (bicyclic) bond motifs is 1. The van der Waals surface area contributed by atoms with Gasteiger partial charge in [0.15, 0.2) is 0 Å². The Morgan fingerprint density at radius 3 is 2.72 bits per heavy atom. The molecule has 0 spiro atoms. The van der Waals surface area contributed by atoms with Gasteiger partial charge in [0.2, 0.25) is 0 Å². The van der Waals surface area contributed by atoms with Gasteiger partial charge in [0.1, 0.15) is 5.65 Å². The maximum Gasteiger partial charge on any atom is 0.338 e. The second-order valence-corrected chi connectivity index (χ2v) is 6.05. The Morgan fingerprint density at radius 1 is 1.16 bits per heavy atom. The standard InChI is InChI=1S/C19H19N3O3/c1-12(2)25-19(24)15-5-4-6-16(9-15)21-18(23)14-7-8-22-11-13(3)20-17(22)10-14/h4-12H,1-3H3,(H,21,23). The van der Waals surface area contributed by atoms with Crippen LogP contribution in [0.3, 0.4) is 0 Å². The maximum atomic E-state index is 12.5. The Morgan fingerprint density at radius 2 is 1.96 bits per heavy atom. The van der Waals surface area contributed by atoms with Crippen LogP contribution in [0.15, 0.2) is 48.8 Å². The normalized spacial score (nSPS) is 10.9. The average molecular weight is 337 g/mol. The fourth-order valence-corrected chi connectivity index (χ4v) is 2.46. The SMILES string of the molecule is Cc1cn2ccc(C(=O)Nc3cccc(C(=O)OC(C)C)c3)cc2n1. The Hall–Kier alpha value is -3.15. The Kier molecular flexibility index (Phi) is 4.52. The van der Waals surface area contributed by atoms with Crippen LogP contribution in [0, 0.1) is 6.92 Å². The number of nitrogens with one attached hydrogen (secondary N) is 1. The summed E-state index contributed by atoms with van der Waals surface area (Å²) in [5.41, 5.74) is 3.01. The highest BCUT2D eigenvalue weighted by Crippen LogP contribution is 2.15. The molecule has 2 heterocycles. The fraction of sp³-hybridized carbons (Fsp3) is 0.211. The number of nitrogens with zero attached hydrogens (tertiary/aromatic N) is 2. The molecule has 0 saturated carbocycles. The first kappa shape index (κ1) is 16.7. The summed E-state index contributed by atoms with van der Waals surface area (Å²) in [6, 6.07) is 10.1.